The number of rotatable bonds is 6. The lowest BCUT2D eigenvalue weighted by Gasteiger charge is -2.32. The minimum atomic E-state index is -4.19. The molecule has 0 spiro atoms. The van der Waals surface area contributed by atoms with E-state index in [2.05, 4.69) is 5.10 Å². The number of hydroxylamine groups is 1. The van der Waals surface area contributed by atoms with Crippen LogP contribution in [0.2, 0.25) is 0 Å². The smallest absolute Gasteiger partial charge is 0.272 e. The Kier molecular flexibility index (Phi) is 6.58. The van der Waals surface area contributed by atoms with Crippen molar-refractivity contribution in [3.63, 3.8) is 0 Å². The molecule has 4 rings (SSSR count). The monoisotopic (exact) mass is 500 g/mol. The summed E-state index contributed by atoms with van der Waals surface area (Å²) in [7, 11) is -4.19. The summed E-state index contributed by atoms with van der Waals surface area (Å²) in [6.45, 7) is 5.71. The normalized spacial score (nSPS) is 16.5. The zero-order chi connectivity index (χ0) is 25.4. The molecule has 186 valence electrons. The zero-order valence-electron chi connectivity index (χ0n) is 19.7. The molecular formula is C24H28N4O6S. The molecule has 2 heterocycles. The number of carbonyl (C=O) groups is 1. The van der Waals surface area contributed by atoms with E-state index in [0.717, 1.165) is 9.87 Å². The van der Waals surface area contributed by atoms with E-state index in [1.54, 1.807) is 0 Å². The lowest BCUT2D eigenvalue weighted by Crippen LogP contribution is -2.48. The van der Waals surface area contributed by atoms with Crippen LogP contribution in [0.5, 0.6) is 5.75 Å². The number of fused-ring (bicyclic) bond motifs is 1. The fourth-order valence-corrected chi connectivity index (χ4v) is 5.66. The summed E-state index contributed by atoms with van der Waals surface area (Å²) >= 11 is 0. The average Bonchev–Trinajstić information content (AvgIpc) is 3.19. The Bertz CT molecular complexity index is 1370. The van der Waals surface area contributed by atoms with Crippen molar-refractivity contribution >= 4 is 15.9 Å². The molecule has 3 N–H and O–H groups in total. The molecule has 0 radical (unpaired) electrons. The first-order valence-corrected chi connectivity index (χ1v) is 12.5. The van der Waals surface area contributed by atoms with Gasteiger partial charge in [0.2, 0.25) is 10.0 Å². The molecule has 11 heteroatoms. The van der Waals surface area contributed by atoms with Gasteiger partial charge in [0.05, 0.1) is 16.0 Å². The van der Waals surface area contributed by atoms with Crippen molar-refractivity contribution in [2.75, 3.05) is 6.54 Å². The number of nitrogens with zero attached hydrogens (tertiary/aromatic N) is 2. The number of hydrogen-bond acceptors (Lipinski definition) is 6. The zero-order valence-corrected chi connectivity index (χ0v) is 20.5. The van der Waals surface area contributed by atoms with Crippen molar-refractivity contribution < 1.29 is 23.2 Å². The predicted octanol–water partition coefficient (Wildman–Crippen LogP) is 2.30. The minimum Gasteiger partial charge on any atom is -0.489 e. The molecule has 2 aromatic carbocycles. The molecule has 0 bridgehead atoms. The van der Waals surface area contributed by atoms with E-state index in [1.807, 2.05) is 51.1 Å². The fraction of sp³-hybridized carbons (Fsp3) is 0.333. The Hall–Kier alpha value is -3.41. The van der Waals surface area contributed by atoms with E-state index >= 15 is 0 Å². The summed E-state index contributed by atoms with van der Waals surface area (Å²) in [5.74, 6) is -0.522. The highest BCUT2D eigenvalue weighted by Crippen LogP contribution is 2.33. The molecule has 0 saturated carbocycles. The summed E-state index contributed by atoms with van der Waals surface area (Å²) in [5, 5.41) is 12.4. The maximum Gasteiger partial charge on any atom is 0.272 e. The Morgan fingerprint density at radius 3 is 2.40 bits per heavy atom. The van der Waals surface area contributed by atoms with Gasteiger partial charge >= 0.3 is 0 Å². The molecule has 1 amide bonds. The van der Waals surface area contributed by atoms with Crippen LogP contribution in [0.1, 0.15) is 43.6 Å². The first-order chi connectivity index (χ1) is 16.5. The third-order valence-corrected chi connectivity index (χ3v) is 7.74. The van der Waals surface area contributed by atoms with Crippen LogP contribution in [-0.4, -0.2) is 40.2 Å². The highest BCUT2D eigenvalue weighted by molar-refractivity contribution is 7.89. The van der Waals surface area contributed by atoms with Crippen LogP contribution in [-0.2, 0) is 33.4 Å². The SMILES string of the molecule is CC(C)(C)n1[nH]c2c(c1=O)C(C(=O)NO)N(S(=O)(=O)c1ccc(OCc3ccccc3)cc1)CC2. The standard InChI is InChI=1S/C24H28N4O6S/c1-24(2,3)28-23(30)20-19(25-28)13-14-27(21(20)22(29)26-31)35(32,33)18-11-9-17(10-12-18)34-15-16-7-5-4-6-8-16/h4-12,21,25,31H,13-15H2,1-3H3,(H,26,29). The number of benzene rings is 2. The van der Waals surface area contributed by atoms with E-state index in [1.165, 1.54) is 34.4 Å². The van der Waals surface area contributed by atoms with Crippen LogP contribution in [0.15, 0.2) is 64.3 Å². The molecule has 0 saturated heterocycles. The molecule has 10 nitrogen and oxygen atoms in total. The minimum absolute atomic E-state index is 0.00381. The van der Waals surface area contributed by atoms with Crippen LogP contribution in [0, 0.1) is 0 Å². The number of aromatic amines is 1. The van der Waals surface area contributed by atoms with Crippen molar-refractivity contribution in [1.29, 1.82) is 0 Å². The quantitative estimate of drug-likeness (QED) is 0.351. The van der Waals surface area contributed by atoms with Gasteiger partial charge in [0.1, 0.15) is 18.4 Å². The van der Waals surface area contributed by atoms with Crippen molar-refractivity contribution in [3.05, 3.63) is 81.8 Å². The summed E-state index contributed by atoms with van der Waals surface area (Å²) in [4.78, 5) is 25.8. The van der Waals surface area contributed by atoms with Crippen molar-refractivity contribution in [2.45, 2.75) is 50.3 Å². The molecule has 1 aliphatic rings. The van der Waals surface area contributed by atoms with Crippen molar-refractivity contribution in [3.8, 4) is 5.75 Å². The maximum absolute atomic E-state index is 13.5. The first kappa shape index (κ1) is 24.7. The van der Waals surface area contributed by atoms with Crippen molar-refractivity contribution in [1.82, 2.24) is 19.6 Å². The van der Waals surface area contributed by atoms with Crippen LogP contribution >= 0.6 is 0 Å². The number of amides is 1. The second-order valence-electron chi connectivity index (χ2n) is 9.31. The topological polar surface area (TPSA) is 134 Å². The summed E-state index contributed by atoms with van der Waals surface area (Å²) in [5.41, 5.74) is 1.83. The summed E-state index contributed by atoms with van der Waals surface area (Å²) in [6, 6.07) is 13.9. The van der Waals surface area contributed by atoms with Gasteiger partial charge in [0.25, 0.3) is 11.5 Å². The highest BCUT2D eigenvalue weighted by atomic mass is 32.2. The van der Waals surface area contributed by atoms with E-state index in [-0.39, 0.29) is 23.4 Å². The fourth-order valence-electron chi connectivity index (χ4n) is 4.10. The van der Waals surface area contributed by atoms with Crippen molar-refractivity contribution in [2.24, 2.45) is 0 Å². The Balaban J connectivity index is 1.64. The molecule has 1 unspecified atom stereocenters. The van der Waals surface area contributed by atoms with Gasteiger partial charge in [-0.2, -0.15) is 4.31 Å². The number of carbonyl (C=O) groups excluding carboxylic acids is 1. The van der Waals surface area contributed by atoms with Crippen LogP contribution in [0.25, 0.3) is 0 Å². The number of aromatic nitrogens is 2. The van der Waals surface area contributed by atoms with Gasteiger partial charge in [0.15, 0.2) is 0 Å². The summed E-state index contributed by atoms with van der Waals surface area (Å²) in [6.07, 6.45) is 0.209. The van der Waals surface area contributed by atoms with E-state index in [4.69, 9.17) is 4.74 Å². The average molecular weight is 501 g/mol. The van der Waals surface area contributed by atoms with Gasteiger partial charge in [-0.05, 0) is 50.6 Å². The van der Waals surface area contributed by atoms with E-state index in [0.29, 0.717) is 18.1 Å². The van der Waals surface area contributed by atoms with Gasteiger partial charge in [-0.1, -0.05) is 30.3 Å². The van der Waals surface area contributed by atoms with E-state index < -0.39 is 33.1 Å². The lowest BCUT2D eigenvalue weighted by molar-refractivity contribution is -0.133. The Labute approximate surface area is 203 Å². The van der Waals surface area contributed by atoms with E-state index in [9.17, 15) is 23.2 Å². The number of nitrogens with one attached hydrogen (secondary N) is 2. The summed E-state index contributed by atoms with van der Waals surface area (Å²) < 4.78 is 35.1. The molecule has 3 aromatic rings. The number of H-pyrrole nitrogens is 1. The first-order valence-electron chi connectivity index (χ1n) is 11.1. The lowest BCUT2D eigenvalue weighted by atomic mass is 10.0. The largest absolute Gasteiger partial charge is 0.489 e. The number of ether oxygens (including phenoxy) is 1. The molecule has 0 fully saturated rings. The third kappa shape index (κ3) is 4.75. The van der Waals surface area contributed by atoms with Gasteiger partial charge in [0, 0.05) is 18.7 Å². The van der Waals surface area contributed by atoms with Gasteiger partial charge < -0.3 is 4.74 Å². The van der Waals surface area contributed by atoms with Crippen LogP contribution < -0.4 is 15.8 Å². The Morgan fingerprint density at radius 2 is 1.80 bits per heavy atom. The maximum atomic E-state index is 13.5. The predicted molar refractivity (Wildman–Crippen MR) is 128 cm³/mol. The highest BCUT2D eigenvalue weighted by Gasteiger charge is 2.44. The van der Waals surface area contributed by atoms with Crippen LogP contribution in [0.4, 0.5) is 0 Å². The Morgan fingerprint density at radius 1 is 1.14 bits per heavy atom. The number of sulfonamides is 1. The van der Waals surface area contributed by atoms with Gasteiger partial charge in [-0.3, -0.25) is 19.9 Å². The molecule has 0 aliphatic carbocycles. The molecule has 1 aromatic heterocycles. The molecule has 1 atom stereocenters. The van der Waals surface area contributed by atoms with Gasteiger partial charge in [-0.15, -0.1) is 0 Å². The van der Waals surface area contributed by atoms with Crippen LogP contribution in [0.3, 0.4) is 0 Å². The second kappa shape index (κ2) is 9.33. The molecule has 1 aliphatic heterocycles. The molecular weight excluding hydrogens is 472 g/mol. The number of hydrogen-bond donors (Lipinski definition) is 3. The van der Waals surface area contributed by atoms with Gasteiger partial charge in [-0.25, -0.2) is 18.6 Å². The molecule has 35 heavy (non-hydrogen) atoms. The third-order valence-electron chi connectivity index (χ3n) is 5.86. The second-order valence-corrected chi connectivity index (χ2v) is 11.2.